The van der Waals surface area contributed by atoms with Crippen LogP contribution >= 0.6 is 0 Å². The Hall–Kier alpha value is -0.250. The van der Waals surface area contributed by atoms with Crippen molar-refractivity contribution in [3.05, 3.63) is 0 Å². The predicted molar refractivity (Wildman–Crippen MR) is 92.9 cm³/mol. The molecule has 23 heavy (non-hydrogen) atoms. The van der Waals surface area contributed by atoms with E-state index >= 15 is 0 Å². The van der Waals surface area contributed by atoms with Gasteiger partial charge in [0.05, 0.1) is 18.1 Å². The Morgan fingerprint density at radius 1 is 0.565 bits per heavy atom. The molecule has 3 fully saturated rings. The van der Waals surface area contributed by atoms with Crippen LogP contribution in [0.2, 0.25) is 0 Å². The SMILES string of the molecule is C1CCC(NC(NC2CCCCC2)=[NH+]C2CCCCC2)CC1.[Br-]. The highest BCUT2D eigenvalue weighted by Crippen LogP contribution is 2.19. The van der Waals surface area contributed by atoms with Gasteiger partial charge in [-0.25, -0.2) is 0 Å². The van der Waals surface area contributed by atoms with Gasteiger partial charge in [0.25, 0.3) is 0 Å². The maximum absolute atomic E-state index is 3.84. The molecule has 0 bridgehead atoms. The highest BCUT2D eigenvalue weighted by Gasteiger charge is 2.24. The average Bonchev–Trinajstić information content (AvgIpc) is 2.57. The van der Waals surface area contributed by atoms with Gasteiger partial charge in [-0.1, -0.05) is 57.8 Å². The van der Waals surface area contributed by atoms with Crippen LogP contribution < -0.4 is 32.6 Å². The summed E-state index contributed by atoms with van der Waals surface area (Å²) >= 11 is 0. The van der Waals surface area contributed by atoms with Gasteiger partial charge in [0.15, 0.2) is 0 Å². The highest BCUT2D eigenvalue weighted by molar-refractivity contribution is 5.74. The predicted octanol–water partition coefficient (Wildman–Crippen LogP) is -0.396. The molecule has 3 rings (SSSR count). The minimum atomic E-state index is 0. The van der Waals surface area contributed by atoms with Crippen molar-refractivity contribution >= 4 is 5.96 Å². The average molecular weight is 386 g/mol. The third kappa shape index (κ3) is 6.64. The first kappa shape index (κ1) is 19.1. The molecule has 0 amide bonds. The lowest BCUT2D eigenvalue weighted by Crippen LogP contribution is -3.00. The van der Waals surface area contributed by atoms with E-state index in [1.165, 1.54) is 102 Å². The standard InChI is InChI=1S/C19H35N3.BrH/c1-4-10-16(11-5-1)20-19(21-17-12-6-2-7-13-17)22-18-14-8-3-9-15-18;/h16-18H,1-15H2,(H2,20,21,22);1H. The Morgan fingerprint density at radius 2 is 0.957 bits per heavy atom. The molecule has 0 saturated heterocycles. The molecule has 3 aliphatic carbocycles. The van der Waals surface area contributed by atoms with Crippen molar-refractivity contribution < 1.29 is 22.0 Å². The summed E-state index contributed by atoms with van der Waals surface area (Å²) in [6, 6.07) is 2.07. The van der Waals surface area contributed by atoms with Gasteiger partial charge in [0, 0.05) is 0 Å². The molecule has 3 nitrogen and oxygen atoms in total. The zero-order chi connectivity index (χ0) is 15.0. The van der Waals surface area contributed by atoms with Crippen LogP contribution in [0, 0.1) is 0 Å². The summed E-state index contributed by atoms with van der Waals surface area (Å²) in [5, 5.41) is 7.69. The number of rotatable bonds is 3. The molecule has 0 aromatic carbocycles. The first-order valence-electron chi connectivity index (χ1n) is 10.1. The Balaban J connectivity index is 0.00000192. The normalized spacial score (nSPS) is 24.5. The molecule has 3 saturated carbocycles. The third-order valence-electron chi connectivity index (χ3n) is 5.86. The lowest BCUT2D eigenvalue weighted by molar-refractivity contribution is -0.512. The maximum Gasteiger partial charge on any atom is 0.344 e. The van der Waals surface area contributed by atoms with Crippen molar-refractivity contribution in [1.82, 2.24) is 10.6 Å². The van der Waals surface area contributed by atoms with Crippen molar-refractivity contribution in [2.24, 2.45) is 0 Å². The van der Waals surface area contributed by atoms with Crippen LogP contribution in [0.15, 0.2) is 0 Å². The molecule has 134 valence electrons. The minimum Gasteiger partial charge on any atom is -1.00 e. The molecule has 0 radical (unpaired) electrons. The quantitative estimate of drug-likeness (QED) is 0.457. The van der Waals surface area contributed by atoms with Crippen molar-refractivity contribution in [2.75, 3.05) is 0 Å². The van der Waals surface area contributed by atoms with E-state index in [-0.39, 0.29) is 17.0 Å². The molecular formula is C19H36BrN3. The summed E-state index contributed by atoms with van der Waals surface area (Å²) in [6.45, 7) is 0. The fraction of sp³-hybridized carbons (Fsp3) is 0.947. The molecule has 3 N–H and O–H groups in total. The Labute approximate surface area is 153 Å². The fourth-order valence-electron chi connectivity index (χ4n) is 4.48. The van der Waals surface area contributed by atoms with E-state index < -0.39 is 0 Å². The lowest BCUT2D eigenvalue weighted by atomic mass is 9.94. The summed E-state index contributed by atoms with van der Waals surface area (Å²) in [5.41, 5.74) is 0. The molecule has 0 aromatic heterocycles. The maximum atomic E-state index is 3.84. The van der Waals surface area contributed by atoms with Crippen molar-refractivity contribution in [3.8, 4) is 0 Å². The smallest absolute Gasteiger partial charge is 0.344 e. The van der Waals surface area contributed by atoms with Crippen molar-refractivity contribution in [3.63, 3.8) is 0 Å². The van der Waals surface area contributed by atoms with Crippen LogP contribution in [0.5, 0.6) is 0 Å². The summed E-state index contributed by atoms with van der Waals surface area (Å²) in [4.78, 5) is 3.84. The van der Waals surface area contributed by atoms with E-state index in [4.69, 9.17) is 0 Å². The van der Waals surface area contributed by atoms with E-state index in [1.54, 1.807) is 0 Å². The first-order valence-corrected chi connectivity index (χ1v) is 10.1. The van der Waals surface area contributed by atoms with Crippen LogP contribution in [0.3, 0.4) is 0 Å². The number of guanidine groups is 1. The van der Waals surface area contributed by atoms with E-state index in [0.717, 1.165) is 0 Å². The van der Waals surface area contributed by atoms with Gasteiger partial charge in [-0.2, -0.15) is 0 Å². The lowest BCUT2D eigenvalue weighted by Gasteiger charge is -2.26. The first-order chi connectivity index (χ1) is 10.9. The topological polar surface area (TPSA) is 38.0 Å². The Morgan fingerprint density at radius 3 is 1.39 bits per heavy atom. The monoisotopic (exact) mass is 385 g/mol. The van der Waals surface area contributed by atoms with E-state index in [9.17, 15) is 0 Å². The molecule has 0 atom stereocenters. The van der Waals surface area contributed by atoms with Crippen molar-refractivity contribution in [1.29, 1.82) is 0 Å². The van der Waals surface area contributed by atoms with Gasteiger partial charge in [-0.15, -0.1) is 0 Å². The summed E-state index contributed by atoms with van der Waals surface area (Å²) in [7, 11) is 0. The van der Waals surface area contributed by atoms with Gasteiger partial charge in [-0.3, -0.25) is 15.6 Å². The van der Waals surface area contributed by atoms with Gasteiger partial charge in [0.2, 0.25) is 0 Å². The van der Waals surface area contributed by atoms with Gasteiger partial charge < -0.3 is 17.0 Å². The van der Waals surface area contributed by atoms with E-state index in [0.29, 0.717) is 18.1 Å². The number of hydrogen-bond donors (Lipinski definition) is 3. The van der Waals surface area contributed by atoms with Crippen molar-refractivity contribution in [2.45, 2.75) is 114 Å². The molecule has 0 aliphatic heterocycles. The van der Waals surface area contributed by atoms with Gasteiger partial charge in [-0.05, 0) is 38.5 Å². The zero-order valence-electron chi connectivity index (χ0n) is 14.7. The molecule has 0 spiro atoms. The highest BCUT2D eigenvalue weighted by atomic mass is 79.9. The Kier molecular flexibility index (Phi) is 8.78. The van der Waals surface area contributed by atoms with Gasteiger partial charge >= 0.3 is 5.96 Å². The zero-order valence-corrected chi connectivity index (χ0v) is 16.3. The van der Waals surface area contributed by atoms with E-state index in [2.05, 4.69) is 15.6 Å². The van der Waals surface area contributed by atoms with Crippen LogP contribution in [-0.2, 0) is 0 Å². The fourth-order valence-corrected chi connectivity index (χ4v) is 4.48. The summed E-state index contributed by atoms with van der Waals surface area (Å²) in [5.74, 6) is 1.27. The molecule has 3 aliphatic rings. The number of hydrogen-bond acceptors (Lipinski definition) is 0. The van der Waals surface area contributed by atoms with Crippen LogP contribution in [0.25, 0.3) is 0 Å². The second-order valence-electron chi connectivity index (χ2n) is 7.81. The summed E-state index contributed by atoms with van der Waals surface area (Å²) in [6.07, 6.45) is 20.8. The molecule has 0 aromatic rings. The molecule has 4 heteroatoms. The molecular weight excluding hydrogens is 350 g/mol. The van der Waals surface area contributed by atoms with Crippen LogP contribution in [0.1, 0.15) is 96.3 Å². The Bertz CT molecular complexity index is 319. The number of nitrogens with one attached hydrogen (secondary N) is 3. The largest absolute Gasteiger partial charge is 1.00 e. The van der Waals surface area contributed by atoms with E-state index in [1.807, 2.05) is 0 Å². The second kappa shape index (κ2) is 10.6. The summed E-state index contributed by atoms with van der Waals surface area (Å²) < 4.78 is 0. The van der Waals surface area contributed by atoms with Crippen LogP contribution in [0.4, 0.5) is 0 Å². The molecule has 0 unspecified atom stereocenters. The molecule has 0 heterocycles. The number of halogens is 1. The second-order valence-corrected chi connectivity index (χ2v) is 7.81. The van der Waals surface area contributed by atoms with Crippen LogP contribution in [-0.4, -0.2) is 24.1 Å². The third-order valence-corrected chi connectivity index (χ3v) is 5.86. The van der Waals surface area contributed by atoms with Gasteiger partial charge in [0.1, 0.15) is 0 Å². The minimum absolute atomic E-state index is 0.